The Bertz CT molecular complexity index is 242. The van der Waals surface area contributed by atoms with Gasteiger partial charge < -0.3 is 15.4 Å². The van der Waals surface area contributed by atoms with E-state index in [2.05, 4.69) is 38.3 Å². The summed E-state index contributed by atoms with van der Waals surface area (Å²) >= 11 is 0. The Morgan fingerprint density at radius 3 is 2.76 bits per heavy atom. The predicted molar refractivity (Wildman–Crippen MR) is 68.9 cm³/mol. The van der Waals surface area contributed by atoms with Crippen molar-refractivity contribution >= 4 is 5.91 Å². The quantitative estimate of drug-likeness (QED) is 0.781. The highest BCUT2D eigenvalue weighted by Crippen LogP contribution is 2.21. The third-order valence-corrected chi connectivity index (χ3v) is 2.94. The average Bonchev–Trinajstić information content (AvgIpc) is 2.27. The largest absolute Gasteiger partial charge is 0.366 e. The number of carbonyl (C=O) groups is 1. The third-order valence-electron chi connectivity index (χ3n) is 2.94. The fourth-order valence-corrected chi connectivity index (χ4v) is 1.79. The normalized spacial score (nSPS) is 23.2. The molecule has 0 aliphatic carbocycles. The maximum absolute atomic E-state index is 11.9. The van der Waals surface area contributed by atoms with Gasteiger partial charge in [0.1, 0.15) is 6.10 Å². The van der Waals surface area contributed by atoms with Crippen molar-refractivity contribution in [2.45, 2.75) is 52.7 Å². The van der Waals surface area contributed by atoms with Gasteiger partial charge in [0.05, 0.1) is 6.61 Å². The molecule has 0 spiro atoms. The third kappa shape index (κ3) is 6.03. The maximum Gasteiger partial charge on any atom is 0.250 e. The molecule has 100 valence electrons. The molecule has 0 aromatic carbocycles. The van der Waals surface area contributed by atoms with Crippen molar-refractivity contribution in [2.24, 2.45) is 5.41 Å². The van der Waals surface area contributed by atoms with Gasteiger partial charge >= 0.3 is 0 Å². The van der Waals surface area contributed by atoms with Gasteiger partial charge in [0.25, 0.3) is 5.91 Å². The second-order valence-electron chi connectivity index (χ2n) is 6.07. The van der Waals surface area contributed by atoms with Gasteiger partial charge in [0.15, 0.2) is 0 Å². The topological polar surface area (TPSA) is 50.4 Å². The molecule has 1 heterocycles. The van der Waals surface area contributed by atoms with Gasteiger partial charge in [-0.1, -0.05) is 20.8 Å². The minimum atomic E-state index is -0.319. The average molecular weight is 242 g/mol. The van der Waals surface area contributed by atoms with Gasteiger partial charge in [-0.25, -0.2) is 0 Å². The number of amides is 1. The molecule has 2 unspecified atom stereocenters. The number of hydrogen-bond acceptors (Lipinski definition) is 3. The highest BCUT2D eigenvalue weighted by atomic mass is 16.5. The zero-order valence-corrected chi connectivity index (χ0v) is 11.5. The number of carbonyl (C=O) groups excluding carboxylic acids is 1. The van der Waals surface area contributed by atoms with Crippen LogP contribution < -0.4 is 10.6 Å². The molecule has 4 nitrogen and oxygen atoms in total. The lowest BCUT2D eigenvalue weighted by molar-refractivity contribution is -0.134. The summed E-state index contributed by atoms with van der Waals surface area (Å²) in [7, 11) is 0. The molecule has 1 saturated heterocycles. The van der Waals surface area contributed by atoms with Gasteiger partial charge in [-0.2, -0.15) is 0 Å². The van der Waals surface area contributed by atoms with Gasteiger partial charge in [-0.15, -0.1) is 0 Å². The van der Waals surface area contributed by atoms with Gasteiger partial charge in [-0.3, -0.25) is 4.79 Å². The van der Waals surface area contributed by atoms with Crippen LogP contribution >= 0.6 is 0 Å². The van der Waals surface area contributed by atoms with E-state index < -0.39 is 0 Å². The molecule has 1 rings (SSSR count). The molecule has 0 saturated carbocycles. The Hall–Kier alpha value is -0.610. The maximum atomic E-state index is 11.9. The smallest absolute Gasteiger partial charge is 0.250 e. The summed E-state index contributed by atoms with van der Waals surface area (Å²) < 4.78 is 5.41. The lowest BCUT2D eigenvalue weighted by Crippen LogP contribution is -2.49. The molecule has 1 amide bonds. The van der Waals surface area contributed by atoms with Gasteiger partial charge in [0, 0.05) is 19.1 Å². The van der Waals surface area contributed by atoms with E-state index in [1.165, 1.54) is 0 Å². The summed E-state index contributed by atoms with van der Waals surface area (Å²) in [6.07, 6.45) is 1.80. The van der Waals surface area contributed by atoms with E-state index in [9.17, 15) is 4.79 Å². The van der Waals surface area contributed by atoms with Crippen LogP contribution in [0.25, 0.3) is 0 Å². The van der Waals surface area contributed by atoms with Crippen molar-refractivity contribution in [1.29, 1.82) is 0 Å². The fourth-order valence-electron chi connectivity index (χ4n) is 1.79. The summed E-state index contributed by atoms with van der Waals surface area (Å²) in [5, 5.41) is 6.18. The molecule has 1 aliphatic rings. The van der Waals surface area contributed by atoms with Gasteiger partial charge in [-0.05, 0) is 25.2 Å². The first-order chi connectivity index (χ1) is 7.88. The highest BCUT2D eigenvalue weighted by Gasteiger charge is 2.23. The SMILES string of the molecule is CC(CCC(C)(C)C)NC(=O)C1CNCCO1. The Balaban J connectivity index is 2.25. The molecule has 1 aliphatic heterocycles. The van der Waals surface area contributed by atoms with Crippen LogP contribution in [0.5, 0.6) is 0 Å². The Morgan fingerprint density at radius 2 is 2.24 bits per heavy atom. The van der Waals surface area contributed by atoms with Crippen molar-refractivity contribution in [3.63, 3.8) is 0 Å². The van der Waals surface area contributed by atoms with E-state index in [4.69, 9.17) is 4.74 Å². The summed E-state index contributed by atoms with van der Waals surface area (Å²) in [5.74, 6) is 0.0126. The van der Waals surface area contributed by atoms with Crippen LogP contribution in [0.1, 0.15) is 40.5 Å². The van der Waals surface area contributed by atoms with Crippen LogP contribution in [0, 0.1) is 5.41 Å². The van der Waals surface area contributed by atoms with Crippen molar-refractivity contribution in [2.75, 3.05) is 19.7 Å². The molecule has 1 fully saturated rings. The summed E-state index contributed by atoms with van der Waals surface area (Å²) in [6, 6.07) is 0.215. The lowest BCUT2D eigenvalue weighted by atomic mass is 9.89. The second kappa shape index (κ2) is 6.36. The first-order valence-corrected chi connectivity index (χ1v) is 6.51. The molecule has 0 aromatic rings. The molecular weight excluding hydrogens is 216 g/mol. The van der Waals surface area contributed by atoms with Crippen LogP contribution in [-0.2, 0) is 9.53 Å². The monoisotopic (exact) mass is 242 g/mol. The molecule has 0 radical (unpaired) electrons. The van der Waals surface area contributed by atoms with Crippen LogP contribution in [0.15, 0.2) is 0 Å². The summed E-state index contributed by atoms with van der Waals surface area (Å²) in [4.78, 5) is 11.9. The van der Waals surface area contributed by atoms with E-state index in [0.29, 0.717) is 18.6 Å². The molecule has 2 N–H and O–H groups in total. The number of nitrogens with one attached hydrogen (secondary N) is 2. The Labute approximate surface area is 104 Å². The van der Waals surface area contributed by atoms with E-state index in [1.54, 1.807) is 0 Å². The van der Waals surface area contributed by atoms with Crippen LogP contribution in [0.2, 0.25) is 0 Å². The first-order valence-electron chi connectivity index (χ1n) is 6.51. The number of hydrogen-bond donors (Lipinski definition) is 2. The first kappa shape index (κ1) is 14.5. The van der Waals surface area contributed by atoms with Crippen molar-refractivity contribution in [1.82, 2.24) is 10.6 Å². The minimum Gasteiger partial charge on any atom is -0.366 e. The molecule has 4 heteroatoms. The second-order valence-corrected chi connectivity index (χ2v) is 6.07. The van der Waals surface area contributed by atoms with Crippen LogP contribution in [-0.4, -0.2) is 37.7 Å². The Morgan fingerprint density at radius 1 is 1.53 bits per heavy atom. The zero-order chi connectivity index (χ0) is 12.9. The zero-order valence-electron chi connectivity index (χ0n) is 11.5. The van der Waals surface area contributed by atoms with Crippen LogP contribution in [0.3, 0.4) is 0 Å². The summed E-state index contributed by atoms with van der Waals surface area (Å²) in [5.41, 5.74) is 0.321. The lowest BCUT2D eigenvalue weighted by Gasteiger charge is -2.26. The summed E-state index contributed by atoms with van der Waals surface area (Å²) in [6.45, 7) is 10.8. The Kier molecular flexibility index (Phi) is 5.40. The highest BCUT2D eigenvalue weighted by molar-refractivity contribution is 5.81. The number of ether oxygens (including phenoxy) is 1. The number of morpholine rings is 1. The minimum absolute atomic E-state index is 0.0126. The molecule has 2 atom stereocenters. The fraction of sp³-hybridized carbons (Fsp3) is 0.923. The predicted octanol–water partition coefficient (Wildman–Crippen LogP) is 1.31. The van der Waals surface area contributed by atoms with Crippen LogP contribution in [0.4, 0.5) is 0 Å². The number of rotatable bonds is 4. The van der Waals surface area contributed by atoms with Gasteiger partial charge in [0.2, 0.25) is 0 Å². The van der Waals surface area contributed by atoms with Crippen molar-refractivity contribution < 1.29 is 9.53 Å². The molecule has 0 aromatic heterocycles. The van der Waals surface area contributed by atoms with E-state index in [1.807, 2.05) is 0 Å². The molecule has 0 bridgehead atoms. The molecule has 17 heavy (non-hydrogen) atoms. The van der Waals surface area contributed by atoms with E-state index in [-0.39, 0.29) is 18.1 Å². The van der Waals surface area contributed by atoms with Crippen molar-refractivity contribution in [3.05, 3.63) is 0 Å². The van der Waals surface area contributed by atoms with Crippen molar-refractivity contribution in [3.8, 4) is 0 Å². The molecular formula is C13H26N2O2. The van der Waals surface area contributed by atoms with E-state index in [0.717, 1.165) is 19.4 Å². The standard InChI is InChI=1S/C13H26N2O2/c1-10(5-6-13(2,3)4)15-12(16)11-9-14-7-8-17-11/h10-11,14H,5-9H2,1-4H3,(H,15,16). The van der Waals surface area contributed by atoms with E-state index >= 15 is 0 Å².